The molecule has 1 saturated heterocycles. The van der Waals surface area contributed by atoms with Crippen LogP contribution in [-0.4, -0.2) is 41.4 Å². The lowest BCUT2D eigenvalue weighted by Crippen LogP contribution is -2.61. The highest BCUT2D eigenvalue weighted by Crippen LogP contribution is 2.48. The van der Waals surface area contributed by atoms with Crippen LogP contribution >= 0.6 is 0 Å². The molecule has 9 heteroatoms. The number of benzene rings is 1. The molecule has 1 aliphatic carbocycles. The number of nitrogens with zero attached hydrogens (tertiary/aromatic N) is 3. The van der Waals surface area contributed by atoms with Crippen LogP contribution in [0.3, 0.4) is 0 Å². The molecule has 1 spiro atoms. The predicted molar refractivity (Wildman–Crippen MR) is 85.5 cm³/mol. The van der Waals surface area contributed by atoms with Crippen molar-refractivity contribution in [3.8, 4) is 0 Å². The molecule has 0 amide bonds. The van der Waals surface area contributed by atoms with Crippen molar-refractivity contribution in [3.05, 3.63) is 33.9 Å². The minimum Gasteiger partial charge on any atom is -0.478 e. The van der Waals surface area contributed by atoms with E-state index in [-0.39, 0.29) is 16.3 Å². The molecule has 1 N–H and O–H groups in total. The Bertz CT molecular complexity index is 952. The number of aryl methyl sites for hydroxylation is 1. The van der Waals surface area contributed by atoms with Crippen LogP contribution in [0.1, 0.15) is 29.6 Å². The third-order valence-corrected chi connectivity index (χ3v) is 6.55. The Kier molecular flexibility index (Phi) is 3.23. The molecule has 128 valence electrons. The number of fused-ring (bicyclic) bond motifs is 1. The van der Waals surface area contributed by atoms with Gasteiger partial charge in [0.25, 0.3) is 5.56 Å². The maximum Gasteiger partial charge on any atom is 0.338 e. The van der Waals surface area contributed by atoms with Gasteiger partial charge in [0.2, 0.25) is 11.2 Å². The number of halogens is 1. The third kappa shape index (κ3) is 2.01. The molecular weight excluding hydrogens is 337 g/mol. The van der Waals surface area contributed by atoms with E-state index in [1.54, 1.807) is 4.31 Å². The van der Waals surface area contributed by atoms with Crippen molar-refractivity contribution in [3.63, 3.8) is 0 Å². The van der Waals surface area contributed by atoms with Crippen LogP contribution in [0.4, 0.5) is 4.39 Å². The molecule has 2 aliphatic rings. The smallest absolute Gasteiger partial charge is 0.338 e. The quantitative estimate of drug-likeness (QED) is 0.895. The molecule has 1 saturated carbocycles. The summed E-state index contributed by atoms with van der Waals surface area (Å²) in [6.45, 7) is 1.37. The van der Waals surface area contributed by atoms with E-state index in [2.05, 4.69) is 0 Å². The standard InChI is InChI=1S/C15H16FN3O4S/c1-17-12-6-9(14(21)22)11(16)5-10(12)13(20)19(17)24(23)18-7-15(8-18)3-2-4-15/h5-6H,2-4,7-8H2,1H3,(H,21,22). The van der Waals surface area contributed by atoms with E-state index in [0.29, 0.717) is 13.1 Å². The summed E-state index contributed by atoms with van der Waals surface area (Å²) < 4.78 is 30.7. The molecule has 1 unspecified atom stereocenters. The molecule has 2 heterocycles. The van der Waals surface area contributed by atoms with Gasteiger partial charge in [0, 0.05) is 20.1 Å². The summed E-state index contributed by atoms with van der Waals surface area (Å²) in [4.78, 5) is 23.6. The lowest BCUT2D eigenvalue weighted by atomic mass is 9.65. The number of hydrogen-bond donors (Lipinski definition) is 1. The molecular formula is C15H16FN3O4S. The van der Waals surface area contributed by atoms with Gasteiger partial charge in [0.1, 0.15) is 5.82 Å². The summed E-state index contributed by atoms with van der Waals surface area (Å²) in [5.41, 5.74) is -0.604. The highest BCUT2D eigenvalue weighted by molar-refractivity contribution is 7.81. The Morgan fingerprint density at radius 3 is 2.54 bits per heavy atom. The van der Waals surface area contributed by atoms with Crippen LogP contribution in [-0.2, 0) is 18.2 Å². The Morgan fingerprint density at radius 1 is 1.33 bits per heavy atom. The average molecular weight is 353 g/mol. The van der Waals surface area contributed by atoms with Gasteiger partial charge in [-0.15, -0.1) is 4.09 Å². The molecule has 24 heavy (non-hydrogen) atoms. The lowest BCUT2D eigenvalue weighted by molar-refractivity contribution is -0.00569. The average Bonchev–Trinajstić information content (AvgIpc) is 2.66. The van der Waals surface area contributed by atoms with E-state index in [1.807, 2.05) is 0 Å². The summed E-state index contributed by atoms with van der Waals surface area (Å²) >= 11 is -1.70. The Labute approximate surface area is 139 Å². The fourth-order valence-corrected chi connectivity index (χ4v) is 5.12. The first kappa shape index (κ1) is 15.5. The Balaban J connectivity index is 1.77. The summed E-state index contributed by atoms with van der Waals surface area (Å²) in [7, 11) is 1.52. The Morgan fingerprint density at radius 2 is 2.00 bits per heavy atom. The van der Waals surface area contributed by atoms with Gasteiger partial charge in [-0.2, -0.15) is 0 Å². The second-order valence-electron chi connectivity index (χ2n) is 6.64. The molecule has 1 aromatic heterocycles. The van der Waals surface area contributed by atoms with Crippen molar-refractivity contribution in [1.29, 1.82) is 0 Å². The molecule has 0 bridgehead atoms. The second-order valence-corrected chi connectivity index (χ2v) is 7.96. The minimum atomic E-state index is -1.70. The van der Waals surface area contributed by atoms with E-state index >= 15 is 0 Å². The number of hydrogen-bond acceptors (Lipinski definition) is 3. The van der Waals surface area contributed by atoms with E-state index in [4.69, 9.17) is 5.11 Å². The lowest BCUT2D eigenvalue weighted by Gasteiger charge is -2.54. The van der Waals surface area contributed by atoms with Gasteiger partial charge in [0.15, 0.2) is 0 Å². The fourth-order valence-electron chi connectivity index (χ4n) is 3.59. The van der Waals surface area contributed by atoms with Crippen LogP contribution in [0.2, 0.25) is 0 Å². The van der Waals surface area contributed by atoms with Gasteiger partial charge < -0.3 is 5.11 Å². The highest BCUT2D eigenvalue weighted by atomic mass is 32.2. The summed E-state index contributed by atoms with van der Waals surface area (Å²) in [6.07, 6.45) is 3.43. The summed E-state index contributed by atoms with van der Waals surface area (Å²) in [5, 5.41) is 9.05. The zero-order valence-electron chi connectivity index (χ0n) is 13.0. The van der Waals surface area contributed by atoms with Crippen molar-refractivity contribution in [2.75, 3.05) is 13.1 Å². The number of aromatic nitrogens is 2. The van der Waals surface area contributed by atoms with Gasteiger partial charge in [-0.1, -0.05) is 6.42 Å². The largest absolute Gasteiger partial charge is 0.478 e. The van der Waals surface area contributed by atoms with Crippen molar-refractivity contribution in [2.45, 2.75) is 19.3 Å². The van der Waals surface area contributed by atoms with E-state index < -0.39 is 34.1 Å². The van der Waals surface area contributed by atoms with E-state index in [1.165, 1.54) is 18.2 Å². The molecule has 1 aliphatic heterocycles. The van der Waals surface area contributed by atoms with Gasteiger partial charge in [0.05, 0.1) is 16.5 Å². The van der Waals surface area contributed by atoms with Crippen LogP contribution in [0, 0.1) is 11.2 Å². The SMILES string of the molecule is Cn1c2cc(C(=O)O)c(F)cc2c(=O)n1S(=O)N1CC2(CCC2)C1. The van der Waals surface area contributed by atoms with Crippen molar-refractivity contribution < 1.29 is 18.5 Å². The first-order valence-electron chi connectivity index (χ1n) is 7.65. The normalized spacial score (nSPS) is 20.8. The maximum absolute atomic E-state index is 13.9. The monoisotopic (exact) mass is 353 g/mol. The number of rotatable bonds is 3. The maximum atomic E-state index is 13.9. The fraction of sp³-hybridized carbons (Fsp3) is 0.467. The van der Waals surface area contributed by atoms with Crippen LogP contribution in [0.5, 0.6) is 0 Å². The van der Waals surface area contributed by atoms with E-state index in [9.17, 15) is 18.2 Å². The number of carbonyl (C=O) groups is 1. The zero-order valence-corrected chi connectivity index (χ0v) is 13.8. The van der Waals surface area contributed by atoms with Crippen LogP contribution in [0.15, 0.2) is 16.9 Å². The third-order valence-electron chi connectivity index (χ3n) is 5.15. The number of carboxylic acid groups (broad SMARTS) is 1. The van der Waals surface area contributed by atoms with Crippen molar-refractivity contribution in [2.24, 2.45) is 12.5 Å². The number of aromatic carboxylic acids is 1. The molecule has 1 aromatic carbocycles. The zero-order chi connectivity index (χ0) is 17.2. The first-order valence-corrected chi connectivity index (χ1v) is 8.71. The molecule has 2 aromatic rings. The highest BCUT2D eigenvalue weighted by Gasteiger charge is 2.50. The van der Waals surface area contributed by atoms with Gasteiger partial charge in [-0.25, -0.2) is 17.7 Å². The van der Waals surface area contributed by atoms with Crippen LogP contribution in [0.25, 0.3) is 10.9 Å². The first-order chi connectivity index (χ1) is 11.3. The predicted octanol–water partition coefficient (Wildman–Crippen LogP) is 1.09. The molecule has 1 atom stereocenters. The van der Waals surface area contributed by atoms with Gasteiger partial charge >= 0.3 is 5.97 Å². The second kappa shape index (κ2) is 5.00. The minimum absolute atomic E-state index is 0.0206. The van der Waals surface area contributed by atoms with Crippen LogP contribution < -0.4 is 5.56 Å². The number of carboxylic acids is 1. The molecule has 4 rings (SSSR count). The van der Waals surface area contributed by atoms with E-state index in [0.717, 1.165) is 29.1 Å². The summed E-state index contributed by atoms with van der Waals surface area (Å²) in [6, 6.07) is 2.00. The Hall–Kier alpha value is -2.00. The molecule has 7 nitrogen and oxygen atoms in total. The molecule has 0 radical (unpaired) electrons. The molecule has 2 fully saturated rings. The summed E-state index contributed by atoms with van der Waals surface area (Å²) in [5.74, 6) is -2.39. The van der Waals surface area contributed by atoms with Crippen molar-refractivity contribution >= 4 is 28.0 Å². The van der Waals surface area contributed by atoms with Gasteiger partial charge in [-0.3, -0.25) is 9.48 Å². The van der Waals surface area contributed by atoms with Crippen molar-refractivity contribution in [1.82, 2.24) is 13.1 Å². The van der Waals surface area contributed by atoms with Gasteiger partial charge in [-0.05, 0) is 30.4 Å². The topological polar surface area (TPSA) is 84.5 Å².